The molecule has 1 atom stereocenters. The zero-order chi connectivity index (χ0) is 12.1. The van der Waals surface area contributed by atoms with Crippen molar-refractivity contribution in [1.29, 1.82) is 0 Å². The van der Waals surface area contributed by atoms with Crippen molar-refractivity contribution in [3.8, 4) is 0 Å². The third-order valence-corrected chi connectivity index (χ3v) is 1.64. The van der Waals surface area contributed by atoms with Gasteiger partial charge in [-0.05, 0) is 0 Å². The molecule has 0 aromatic rings. The predicted octanol–water partition coefficient (Wildman–Crippen LogP) is 1.26. The number of methoxy groups -OCH3 is 1. The molecule has 0 aliphatic heterocycles. The molecule has 0 rings (SSSR count). The van der Waals surface area contributed by atoms with E-state index in [2.05, 4.69) is 9.47 Å². The highest BCUT2D eigenvalue weighted by Crippen LogP contribution is 2.18. The summed E-state index contributed by atoms with van der Waals surface area (Å²) < 4.78 is 43.3. The Morgan fingerprint density at radius 2 is 1.93 bits per heavy atom. The molecule has 0 aliphatic carbocycles. The SMILES string of the molecule is COC(=O)CC(CCl)OC(=O)C(F)(F)F. The van der Waals surface area contributed by atoms with Crippen LogP contribution in [0.1, 0.15) is 6.42 Å². The van der Waals surface area contributed by atoms with E-state index in [1.54, 1.807) is 0 Å². The Hall–Kier alpha value is -0.980. The van der Waals surface area contributed by atoms with Crippen molar-refractivity contribution in [2.75, 3.05) is 13.0 Å². The molecule has 0 aromatic heterocycles. The second-order valence-corrected chi connectivity index (χ2v) is 2.77. The Morgan fingerprint density at radius 1 is 1.40 bits per heavy atom. The van der Waals surface area contributed by atoms with E-state index in [-0.39, 0.29) is 0 Å². The van der Waals surface area contributed by atoms with Gasteiger partial charge in [0.25, 0.3) is 0 Å². The van der Waals surface area contributed by atoms with E-state index in [0.29, 0.717) is 0 Å². The summed E-state index contributed by atoms with van der Waals surface area (Å²) in [5.74, 6) is -3.61. The lowest BCUT2D eigenvalue weighted by atomic mass is 10.3. The number of carbonyl (C=O) groups is 2. The predicted molar refractivity (Wildman–Crippen MR) is 43.3 cm³/mol. The minimum atomic E-state index is -5.10. The van der Waals surface area contributed by atoms with E-state index in [9.17, 15) is 22.8 Å². The fourth-order valence-corrected chi connectivity index (χ4v) is 0.787. The fourth-order valence-electron chi connectivity index (χ4n) is 0.615. The van der Waals surface area contributed by atoms with Crippen LogP contribution in [0, 0.1) is 0 Å². The van der Waals surface area contributed by atoms with Gasteiger partial charge in [-0.2, -0.15) is 13.2 Å². The summed E-state index contributed by atoms with van der Waals surface area (Å²) in [5, 5.41) is 0. The number of hydrogen-bond donors (Lipinski definition) is 0. The van der Waals surface area contributed by atoms with Crippen molar-refractivity contribution in [3.63, 3.8) is 0 Å². The zero-order valence-electron chi connectivity index (χ0n) is 7.64. The smallest absolute Gasteiger partial charge is 0.469 e. The molecule has 0 spiro atoms. The van der Waals surface area contributed by atoms with Crippen LogP contribution in [-0.2, 0) is 19.1 Å². The maximum absolute atomic E-state index is 11.7. The van der Waals surface area contributed by atoms with Gasteiger partial charge in [0.05, 0.1) is 19.4 Å². The minimum absolute atomic E-state index is 0.420. The molecule has 0 N–H and O–H groups in total. The number of carbonyl (C=O) groups excluding carboxylic acids is 2. The summed E-state index contributed by atoms with van der Waals surface area (Å²) >= 11 is 5.21. The number of alkyl halides is 4. The first-order valence-electron chi connectivity index (χ1n) is 3.71. The summed E-state index contributed by atoms with van der Waals surface area (Å²) in [4.78, 5) is 21.0. The van der Waals surface area contributed by atoms with Gasteiger partial charge in [0.1, 0.15) is 6.10 Å². The van der Waals surface area contributed by atoms with Crippen LogP contribution in [0.5, 0.6) is 0 Å². The molecule has 0 bridgehead atoms. The van der Waals surface area contributed by atoms with E-state index in [1.165, 1.54) is 0 Å². The topological polar surface area (TPSA) is 52.6 Å². The molecule has 0 radical (unpaired) electrons. The molecule has 8 heteroatoms. The van der Waals surface area contributed by atoms with E-state index >= 15 is 0 Å². The first-order chi connectivity index (χ1) is 6.81. The van der Waals surface area contributed by atoms with E-state index < -0.39 is 36.5 Å². The normalized spacial score (nSPS) is 13.1. The van der Waals surface area contributed by atoms with Gasteiger partial charge in [-0.1, -0.05) is 0 Å². The number of hydrogen-bond acceptors (Lipinski definition) is 4. The van der Waals surface area contributed by atoms with Crippen LogP contribution in [0.3, 0.4) is 0 Å². The number of ether oxygens (including phenoxy) is 2. The molecule has 1 unspecified atom stereocenters. The molecule has 0 aromatic carbocycles. The molecular weight excluding hydrogens is 241 g/mol. The Morgan fingerprint density at radius 3 is 2.27 bits per heavy atom. The van der Waals surface area contributed by atoms with Gasteiger partial charge in [-0.15, -0.1) is 11.6 Å². The molecule has 88 valence electrons. The maximum atomic E-state index is 11.7. The largest absolute Gasteiger partial charge is 0.490 e. The van der Waals surface area contributed by atoms with Gasteiger partial charge in [0, 0.05) is 0 Å². The number of esters is 2. The van der Waals surface area contributed by atoms with Crippen LogP contribution in [0.25, 0.3) is 0 Å². The summed E-state index contributed by atoms with van der Waals surface area (Å²) in [6.07, 6.45) is -6.95. The van der Waals surface area contributed by atoms with E-state index in [4.69, 9.17) is 11.6 Å². The molecule has 0 saturated carbocycles. The second-order valence-electron chi connectivity index (χ2n) is 2.46. The highest BCUT2D eigenvalue weighted by Gasteiger charge is 2.42. The Labute approximate surface area is 88.3 Å². The zero-order valence-corrected chi connectivity index (χ0v) is 8.39. The van der Waals surface area contributed by atoms with Gasteiger partial charge in [0.15, 0.2) is 0 Å². The van der Waals surface area contributed by atoms with Crippen molar-refractivity contribution in [3.05, 3.63) is 0 Å². The van der Waals surface area contributed by atoms with Crippen molar-refractivity contribution < 1.29 is 32.2 Å². The highest BCUT2D eigenvalue weighted by molar-refractivity contribution is 6.18. The van der Waals surface area contributed by atoms with Crippen LogP contribution in [0.2, 0.25) is 0 Å². The third kappa shape index (κ3) is 5.46. The standard InChI is InChI=1S/C7H8ClF3O4/c1-14-5(12)2-4(3-8)15-6(13)7(9,10)11/h4H,2-3H2,1H3. The summed E-state index contributed by atoms with van der Waals surface area (Å²) in [6, 6.07) is 0. The average molecular weight is 249 g/mol. The van der Waals surface area contributed by atoms with Gasteiger partial charge in [-0.3, -0.25) is 4.79 Å². The first-order valence-corrected chi connectivity index (χ1v) is 4.25. The second kappa shape index (κ2) is 5.79. The lowest BCUT2D eigenvalue weighted by molar-refractivity contribution is -0.204. The van der Waals surface area contributed by atoms with E-state index in [0.717, 1.165) is 7.11 Å². The maximum Gasteiger partial charge on any atom is 0.490 e. The van der Waals surface area contributed by atoms with Crippen molar-refractivity contribution in [2.24, 2.45) is 0 Å². The van der Waals surface area contributed by atoms with Crippen molar-refractivity contribution in [1.82, 2.24) is 0 Å². The van der Waals surface area contributed by atoms with Crippen LogP contribution >= 0.6 is 11.6 Å². The third-order valence-electron chi connectivity index (χ3n) is 1.30. The molecule has 4 nitrogen and oxygen atoms in total. The fraction of sp³-hybridized carbons (Fsp3) is 0.714. The van der Waals surface area contributed by atoms with Crippen molar-refractivity contribution in [2.45, 2.75) is 18.7 Å². The molecular formula is C7H8ClF3O4. The van der Waals surface area contributed by atoms with Gasteiger partial charge >= 0.3 is 18.1 Å². The summed E-state index contributed by atoms with van der Waals surface area (Å²) in [6.45, 7) is 0. The molecule has 0 fully saturated rings. The van der Waals surface area contributed by atoms with Crippen LogP contribution in [0.4, 0.5) is 13.2 Å². The molecule has 0 heterocycles. The monoisotopic (exact) mass is 248 g/mol. The van der Waals surface area contributed by atoms with Gasteiger partial charge in [0.2, 0.25) is 0 Å². The van der Waals surface area contributed by atoms with Crippen LogP contribution < -0.4 is 0 Å². The van der Waals surface area contributed by atoms with Gasteiger partial charge in [-0.25, -0.2) is 4.79 Å². The minimum Gasteiger partial charge on any atom is -0.469 e. The summed E-state index contributed by atoms with van der Waals surface area (Å²) in [5.41, 5.74) is 0. The molecule has 0 amide bonds. The van der Waals surface area contributed by atoms with Crippen molar-refractivity contribution >= 4 is 23.5 Å². The first kappa shape index (κ1) is 14.0. The number of halogens is 4. The van der Waals surface area contributed by atoms with E-state index in [1.807, 2.05) is 0 Å². The lowest BCUT2D eigenvalue weighted by Crippen LogP contribution is -2.32. The highest BCUT2D eigenvalue weighted by atomic mass is 35.5. The number of rotatable bonds is 4. The van der Waals surface area contributed by atoms with Crippen LogP contribution in [0.15, 0.2) is 0 Å². The lowest BCUT2D eigenvalue weighted by Gasteiger charge is -2.14. The Bertz CT molecular complexity index is 241. The molecule has 0 aliphatic rings. The summed E-state index contributed by atoms with van der Waals surface area (Å²) in [7, 11) is 1.05. The Kier molecular flexibility index (Phi) is 5.41. The quantitative estimate of drug-likeness (QED) is 0.555. The molecule has 0 saturated heterocycles. The van der Waals surface area contributed by atoms with Crippen LogP contribution in [-0.4, -0.2) is 37.2 Å². The molecule has 15 heavy (non-hydrogen) atoms. The van der Waals surface area contributed by atoms with Gasteiger partial charge < -0.3 is 9.47 Å². The average Bonchev–Trinajstić information content (AvgIpc) is 2.14. The Balaban J connectivity index is 4.22.